The number of methoxy groups -OCH3 is 1. The lowest BCUT2D eigenvalue weighted by Crippen LogP contribution is -2.14. The molecule has 0 saturated carbocycles. The van der Waals surface area contributed by atoms with E-state index in [-0.39, 0.29) is 5.56 Å². The van der Waals surface area contributed by atoms with Crippen LogP contribution in [0.2, 0.25) is 0 Å². The van der Waals surface area contributed by atoms with Gasteiger partial charge in [-0.25, -0.2) is 18.6 Å². The lowest BCUT2D eigenvalue weighted by Gasteiger charge is -2.10. The molecule has 1 aromatic heterocycles. The minimum Gasteiger partial charge on any atom is -0.465 e. The highest BCUT2D eigenvalue weighted by atomic mass is 19.1. The highest BCUT2D eigenvalue weighted by Crippen LogP contribution is 2.21. The van der Waals surface area contributed by atoms with Crippen molar-refractivity contribution in [2.24, 2.45) is 0 Å². The Labute approximate surface area is 159 Å². The van der Waals surface area contributed by atoms with E-state index in [9.17, 15) is 18.4 Å². The second-order valence-electron chi connectivity index (χ2n) is 5.68. The second-order valence-corrected chi connectivity index (χ2v) is 5.68. The summed E-state index contributed by atoms with van der Waals surface area (Å²) in [5, 5.41) is 5.17. The van der Waals surface area contributed by atoms with Crippen molar-refractivity contribution in [1.82, 2.24) is 4.98 Å². The first-order valence-corrected chi connectivity index (χ1v) is 8.15. The van der Waals surface area contributed by atoms with Gasteiger partial charge in [-0.2, -0.15) is 0 Å². The Morgan fingerprint density at radius 1 is 0.964 bits per heavy atom. The number of aromatic nitrogens is 1. The SMILES string of the molecule is COC(=O)c1cccc(Nc2cc(C(=O)Nc3c(F)cccc3F)ccn2)c1. The van der Waals surface area contributed by atoms with Crippen LogP contribution in [0.5, 0.6) is 0 Å². The number of anilines is 3. The lowest BCUT2D eigenvalue weighted by atomic mass is 10.2. The van der Waals surface area contributed by atoms with Crippen molar-refractivity contribution in [1.29, 1.82) is 0 Å². The van der Waals surface area contributed by atoms with Gasteiger partial charge in [0.1, 0.15) is 23.1 Å². The van der Waals surface area contributed by atoms with Crippen LogP contribution < -0.4 is 10.6 Å². The van der Waals surface area contributed by atoms with Gasteiger partial charge in [0.25, 0.3) is 5.91 Å². The van der Waals surface area contributed by atoms with E-state index < -0.39 is 29.2 Å². The molecule has 0 aliphatic heterocycles. The summed E-state index contributed by atoms with van der Waals surface area (Å²) in [4.78, 5) is 28.1. The summed E-state index contributed by atoms with van der Waals surface area (Å²) in [6.07, 6.45) is 1.37. The number of halogens is 2. The molecule has 3 aromatic rings. The summed E-state index contributed by atoms with van der Waals surface area (Å²) in [6, 6.07) is 12.6. The van der Waals surface area contributed by atoms with Gasteiger partial charge in [-0.1, -0.05) is 12.1 Å². The standard InChI is InChI=1S/C20H15F2N3O3/c1-28-20(27)13-4-2-5-14(10-13)24-17-11-12(8-9-23-17)19(26)25-18-15(21)6-3-7-16(18)22/h2-11H,1H3,(H,23,24)(H,25,26). The largest absolute Gasteiger partial charge is 0.465 e. The molecule has 2 N–H and O–H groups in total. The maximum absolute atomic E-state index is 13.7. The van der Waals surface area contributed by atoms with Gasteiger partial charge in [0.15, 0.2) is 0 Å². The van der Waals surface area contributed by atoms with E-state index in [2.05, 4.69) is 20.4 Å². The topological polar surface area (TPSA) is 80.3 Å². The number of carbonyl (C=O) groups is 2. The van der Waals surface area contributed by atoms with Crippen molar-refractivity contribution in [2.75, 3.05) is 17.7 Å². The number of ether oxygens (including phenoxy) is 1. The fourth-order valence-corrected chi connectivity index (χ4v) is 2.43. The Hall–Kier alpha value is -3.81. The Bertz CT molecular complexity index is 1020. The zero-order valence-corrected chi connectivity index (χ0v) is 14.7. The molecule has 1 amide bonds. The van der Waals surface area contributed by atoms with E-state index in [0.717, 1.165) is 12.1 Å². The first-order valence-electron chi connectivity index (χ1n) is 8.15. The van der Waals surface area contributed by atoms with Crippen LogP contribution in [0, 0.1) is 11.6 Å². The van der Waals surface area contributed by atoms with Crippen LogP contribution in [-0.4, -0.2) is 24.0 Å². The maximum atomic E-state index is 13.7. The van der Waals surface area contributed by atoms with Gasteiger partial charge in [-0.05, 0) is 42.5 Å². The molecule has 0 spiro atoms. The third-order valence-corrected chi connectivity index (χ3v) is 3.78. The van der Waals surface area contributed by atoms with Gasteiger partial charge in [0.05, 0.1) is 12.7 Å². The van der Waals surface area contributed by atoms with Gasteiger partial charge >= 0.3 is 5.97 Å². The number of amides is 1. The molecular formula is C20H15F2N3O3. The molecule has 142 valence electrons. The molecule has 0 atom stereocenters. The number of benzene rings is 2. The predicted molar refractivity (Wildman–Crippen MR) is 99.6 cm³/mol. The predicted octanol–water partition coefficient (Wildman–Crippen LogP) is 4.14. The molecule has 28 heavy (non-hydrogen) atoms. The van der Waals surface area contributed by atoms with Crippen LogP contribution in [0.15, 0.2) is 60.8 Å². The molecule has 0 aliphatic carbocycles. The second kappa shape index (κ2) is 8.26. The summed E-state index contributed by atoms with van der Waals surface area (Å²) in [6.45, 7) is 0. The smallest absolute Gasteiger partial charge is 0.337 e. The number of rotatable bonds is 5. The Morgan fingerprint density at radius 3 is 2.39 bits per heavy atom. The van der Waals surface area contributed by atoms with Gasteiger partial charge in [-0.3, -0.25) is 4.79 Å². The summed E-state index contributed by atoms with van der Waals surface area (Å²) < 4.78 is 32.1. The van der Waals surface area contributed by atoms with E-state index in [1.165, 1.54) is 31.5 Å². The van der Waals surface area contributed by atoms with Crippen molar-refractivity contribution < 1.29 is 23.1 Å². The number of nitrogens with one attached hydrogen (secondary N) is 2. The molecule has 3 rings (SSSR count). The number of pyridine rings is 1. The third-order valence-electron chi connectivity index (χ3n) is 3.78. The number of para-hydroxylation sites is 1. The molecule has 8 heteroatoms. The molecular weight excluding hydrogens is 368 g/mol. The normalized spacial score (nSPS) is 10.2. The van der Waals surface area contributed by atoms with Crippen molar-refractivity contribution >= 4 is 29.1 Å². The first-order chi connectivity index (χ1) is 13.5. The molecule has 2 aromatic carbocycles. The van der Waals surface area contributed by atoms with Gasteiger partial charge in [0.2, 0.25) is 0 Å². The summed E-state index contributed by atoms with van der Waals surface area (Å²) in [5.74, 6) is -2.63. The van der Waals surface area contributed by atoms with Crippen LogP contribution in [0.3, 0.4) is 0 Å². The third kappa shape index (κ3) is 4.29. The van der Waals surface area contributed by atoms with Crippen LogP contribution in [-0.2, 0) is 4.74 Å². The summed E-state index contributed by atoms with van der Waals surface area (Å²) in [5.41, 5.74) is 0.512. The molecule has 0 aliphatic rings. The fourth-order valence-electron chi connectivity index (χ4n) is 2.43. The van der Waals surface area contributed by atoms with Gasteiger partial charge in [-0.15, -0.1) is 0 Å². The van der Waals surface area contributed by atoms with E-state index in [1.54, 1.807) is 24.3 Å². The Balaban J connectivity index is 1.79. The van der Waals surface area contributed by atoms with E-state index >= 15 is 0 Å². The number of esters is 1. The maximum Gasteiger partial charge on any atom is 0.337 e. The van der Waals surface area contributed by atoms with Crippen LogP contribution in [0.1, 0.15) is 20.7 Å². The average molecular weight is 383 g/mol. The molecule has 0 bridgehead atoms. The van der Waals surface area contributed by atoms with Crippen molar-refractivity contribution in [3.63, 3.8) is 0 Å². The van der Waals surface area contributed by atoms with Crippen molar-refractivity contribution in [2.45, 2.75) is 0 Å². The molecule has 6 nitrogen and oxygen atoms in total. The lowest BCUT2D eigenvalue weighted by molar-refractivity contribution is 0.0600. The fraction of sp³-hybridized carbons (Fsp3) is 0.0500. The van der Waals surface area contributed by atoms with E-state index in [0.29, 0.717) is 17.1 Å². The zero-order valence-electron chi connectivity index (χ0n) is 14.7. The molecule has 0 saturated heterocycles. The molecule has 0 unspecified atom stereocenters. The van der Waals surface area contributed by atoms with Gasteiger partial charge < -0.3 is 15.4 Å². The van der Waals surface area contributed by atoms with Crippen molar-refractivity contribution in [3.05, 3.63) is 83.6 Å². The van der Waals surface area contributed by atoms with Crippen LogP contribution in [0.25, 0.3) is 0 Å². The zero-order chi connectivity index (χ0) is 20.1. The van der Waals surface area contributed by atoms with E-state index in [4.69, 9.17) is 0 Å². The minimum atomic E-state index is -0.875. The molecule has 0 fully saturated rings. The molecule has 1 heterocycles. The van der Waals surface area contributed by atoms with E-state index in [1.807, 2.05) is 0 Å². The Kier molecular flexibility index (Phi) is 5.59. The average Bonchev–Trinajstić information content (AvgIpc) is 2.70. The molecule has 0 radical (unpaired) electrons. The minimum absolute atomic E-state index is 0.143. The summed E-state index contributed by atoms with van der Waals surface area (Å²) in [7, 11) is 1.28. The highest BCUT2D eigenvalue weighted by Gasteiger charge is 2.14. The van der Waals surface area contributed by atoms with Gasteiger partial charge in [0, 0.05) is 17.4 Å². The quantitative estimate of drug-likeness (QED) is 0.647. The number of hydrogen-bond donors (Lipinski definition) is 2. The number of nitrogens with zero attached hydrogens (tertiary/aromatic N) is 1. The van der Waals surface area contributed by atoms with Crippen molar-refractivity contribution in [3.8, 4) is 0 Å². The Morgan fingerprint density at radius 2 is 1.68 bits per heavy atom. The number of carbonyl (C=O) groups excluding carboxylic acids is 2. The highest BCUT2D eigenvalue weighted by molar-refractivity contribution is 6.04. The van der Waals surface area contributed by atoms with Crippen LogP contribution >= 0.6 is 0 Å². The first kappa shape index (κ1) is 19.0. The van der Waals surface area contributed by atoms with Crippen LogP contribution in [0.4, 0.5) is 26.0 Å². The summed E-state index contributed by atoms with van der Waals surface area (Å²) >= 11 is 0. The monoisotopic (exact) mass is 383 g/mol. The number of hydrogen-bond acceptors (Lipinski definition) is 5.